The number of hydrogen-bond donors (Lipinski definition) is 2. The van der Waals surface area contributed by atoms with E-state index in [1.165, 1.54) is 42.5 Å². The highest BCUT2D eigenvalue weighted by atomic mass is 32.2. The highest BCUT2D eigenvalue weighted by Crippen LogP contribution is 2.37. The van der Waals surface area contributed by atoms with E-state index in [9.17, 15) is 23.6 Å². The molecular formula is C18H15N3O6S. The molecular weight excluding hydrogens is 386 g/mol. The first-order chi connectivity index (χ1) is 13.2. The zero-order valence-corrected chi connectivity index (χ0v) is 15.4. The van der Waals surface area contributed by atoms with Crippen LogP contribution in [0.4, 0.5) is 17.1 Å². The van der Waals surface area contributed by atoms with Gasteiger partial charge < -0.3 is 5.11 Å². The lowest BCUT2D eigenvalue weighted by Crippen LogP contribution is -1.97. The van der Waals surface area contributed by atoms with Gasteiger partial charge in [0.15, 0.2) is 0 Å². The second kappa shape index (κ2) is 7.33. The summed E-state index contributed by atoms with van der Waals surface area (Å²) in [6.07, 6.45) is 0.442. The molecule has 0 aliphatic heterocycles. The fraction of sp³-hybridized carbons (Fsp3) is 0.111. The number of fused-ring (bicyclic) bond motifs is 1. The van der Waals surface area contributed by atoms with Gasteiger partial charge in [-0.2, -0.15) is 13.5 Å². The van der Waals surface area contributed by atoms with E-state index < -0.39 is 15.0 Å². The molecule has 3 rings (SSSR count). The smallest absolute Gasteiger partial charge is 0.294 e. The van der Waals surface area contributed by atoms with E-state index in [1.54, 1.807) is 13.0 Å². The van der Waals surface area contributed by atoms with Gasteiger partial charge in [-0.15, -0.1) is 5.11 Å². The molecule has 144 valence electrons. The highest BCUT2D eigenvalue weighted by molar-refractivity contribution is 7.85. The molecule has 0 unspecified atom stereocenters. The first kappa shape index (κ1) is 19.4. The minimum atomic E-state index is -4.36. The lowest BCUT2D eigenvalue weighted by molar-refractivity contribution is -0.385. The van der Waals surface area contributed by atoms with Gasteiger partial charge in [0.05, 0.1) is 15.5 Å². The normalized spacial score (nSPS) is 11.9. The van der Waals surface area contributed by atoms with Gasteiger partial charge in [-0.3, -0.25) is 14.7 Å². The van der Waals surface area contributed by atoms with Crippen molar-refractivity contribution < 1.29 is 23.0 Å². The van der Waals surface area contributed by atoms with Crippen LogP contribution in [0.25, 0.3) is 10.8 Å². The fourth-order valence-corrected chi connectivity index (χ4v) is 3.26. The van der Waals surface area contributed by atoms with Crippen molar-refractivity contribution in [3.05, 3.63) is 64.2 Å². The van der Waals surface area contributed by atoms with E-state index in [2.05, 4.69) is 10.2 Å². The molecule has 3 aromatic rings. The Kier molecular flexibility index (Phi) is 5.08. The van der Waals surface area contributed by atoms with Crippen LogP contribution in [0.5, 0.6) is 5.75 Å². The van der Waals surface area contributed by atoms with Crippen LogP contribution < -0.4 is 0 Å². The number of phenolic OH excluding ortho intramolecular Hbond substituents is 1. The first-order valence-corrected chi connectivity index (χ1v) is 9.57. The van der Waals surface area contributed by atoms with Gasteiger partial charge in [-0.1, -0.05) is 19.1 Å². The van der Waals surface area contributed by atoms with Crippen molar-refractivity contribution >= 4 is 38.0 Å². The summed E-state index contributed by atoms with van der Waals surface area (Å²) in [5.74, 6) is -0.173. The van der Waals surface area contributed by atoms with Crippen LogP contribution in [0.2, 0.25) is 0 Å². The molecule has 0 saturated heterocycles. The number of hydrogen-bond acceptors (Lipinski definition) is 7. The molecule has 10 heteroatoms. The predicted molar refractivity (Wildman–Crippen MR) is 102 cm³/mol. The molecule has 0 spiro atoms. The van der Waals surface area contributed by atoms with Gasteiger partial charge in [0.25, 0.3) is 15.8 Å². The van der Waals surface area contributed by atoms with E-state index >= 15 is 0 Å². The Morgan fingerprint density at radius 2 is 1.82 bits per heavy atom. The first-order valence-electron chi connectivity index (χ1n) is 8.13. The SMILES string of the molecule is CCc1cc(N=Nc2c(O)ccc3cc(S(=O)(=O)O)ccc23)ccc1[N+](=O)[O-]. The van der Waals surface area contributed by atoms with Crippen LogP contribution in [-0.2, 0) is 16.5 Å². The number of nitro benzene ring substituents is 1. The minimum absolute atomic E-state index is 0.00722. The summed E-state index contributed by atoms with van der Waals surface area (Å²) in [5, 5.41) is 30.1. The fourth-order valence-electron chi connectivity index (χ4n) is 2.75. The average molecular weight is 401 g/mol. The summed E-state index contributed by atoms with van der Waals surface area (Å²) in [6, 6.07) is 11.0. The average Bonchev–Trinajstić information content (AvgIpc) is 2.65. The van der Waals surface area contributed by atoms with E-state index in [-0.39, 0.29) is 22.0 Å². The summed E-state index contributed by atoms with van der Waals surface area (Å²) in [5.41, 5.74) is 0.970. The summed E-state index contributed by atoms with van der Waals surface area (Å²) in [6.45, 7) is 1.78. The van der Waals surface area contributed by atoms with E-state index in [1.807, 2.05) is 0 Å². The van der Waals surface area contributed by atoms with Crippen molar-refractivity contribution in [2.45, 2.75) is 18.2 Å². The number of nitro groups is 1. The molecule has 0 heterocycles. The summed E-state index contributed by atoms with van der Waals surface area (Å²) in [7, 11) is -4.36. The maximum atomic E-state index is 11.3. The molecule has 0 aromatic heterocycles. The number of aryl methyl sites for hydroxylation is 1. The van der Waals surface area contributed by atoms with Gasteiger partial charge in [0, 0.05) is 17.0 Å². The molecule has 2 N–H and O–H groups in total. The van der Waals surface area contributed by atoms with Crippen molar-refractivity contribution in [3.8, 4) is 5.75 Å². The van der Waals surface area contributed by atoms with Crippen molar-refractivity contribution in [3.63, 3.8) is 0 Å². The molecule has 3 aromatic carbocycles. The second-order valence-corrected chi connectivity index (χ2v) is 7.34. The number of phenols is 1. The van der Waals surface area contributed by atoms with E-state index in [0.29, 0.717) is 28.4 Å². The Bertz CT molecular complexity index is 1220. The van der Waals surface area contributed by atoms with Crippen LogP contribution in [-0.4, -0.2) is 23.0 Å². The third-order valence-electron chi connectivity index (χ3n) is 4.15. The number of azo groups is 1. The Morgan fingerprint density at radius 1 is 1.07 bits per heavy atom. The minimum Gasteiger partial charge on any atom is -0.506 e. The molecule has 0 saturated carbocycles. The highest BCUT2D eigenvalue weighted by Gasteiger charge is 2.14. The third-order valence-corrected chi connectivity index (χ3v) is 5.00. The second-order valence-electron chi connectivity index (χ2n) is 5.91. The standard InChI is InChI=1S/C18H15N3O6S/c1-2-11-9-13(4-7-16(11)21(23)24)19-20-18-15-6-5-14(28(25,26)27)10-12(15)3-8-17(18)22/h3-10,22H,2H2,1H3,(H,25,26,27). The van der Waals surface area contributed by atoms with Crippen molar-refractivity contribution in [1.82, 2.24) is 0 Å². The Morgan fingerprint density at radius 3 is 2.46 bits per heavy atom. The lowest BCUT2D eigenvalue weighted by Gasteiger charge is -2.06. The number of aromatic hydroxyl groups is 1. The number of nitrogens with zero attached hydrogens (tertiary/aromatic N) is 3. The van der Waals surface area contributed by atoms with Crippen LogP contribution >= 0.6 is 0 Å². The van der Waals surface area contributed by atoms with Crippen molar-refractivity contribution in [2.24, 2.45) is 10.2 Å². The quantitative estimate of drug-likeness (QED) is 0.275. The Hall–Kier alpha value is -3.37. The molecule has 0 aliphatic carbocycles. The van der Waals surface area contributed by atoms with Gasteiger partial charge in [-0.25, -0.2) is 0 Å². The van der Waals surface area contributed by atoms with Crippen LogP contribution in [0.1, 0.15) is 12.5 Å². The maximum absolute atomic E-state index is 11.3. The zero-order valence-electron chi connectivity index (χ0n) is 14.6. The molecule has 0 atom stereocenters. The molecule has 9 nitrogen and oxygen atoms in total. The number of benzene rings is 3. The maximum Gasteiger partial charge on any atom is 0.294 e. The van der Waals surface area contributed by atoms with E-state index in [4.69, 9.17) is 4.55 Å². The Labute approximate surface area is 159 Å². The summed E-state index contributed by atoms with van der Waals surface area (Å²) < 4.78 is 31.8. The van der Waals surface area contributed by atoms with Crippen LogP contribution in [0.3, 0.4) is 0 Å². The third kappa shape index (κ3) is 3.82. The van der Waals surface area contributed by atoms with Crippen molar-refractivity contribution in [1.29, 1.82) is 0 Å². The topological polar surface area (TPSA) is 142 Å². The number of rotatable bonds is 5. The molecule has 28 heavy (non-hydrogen) atoms. The van der Waals surface area contributed by atoms with Gasteiger partial charge in [-0.05, 0) is 42.1 Å². The molecule has 0 amide bonds. The monoisotopic (exact) mass is 401 g/mol. The predicted octanol–water partition coefficient (Wildman–Crippen LogP) is 4.68. The lowest BCUT2D eigenvalue weighted by atomic mass is 10.1. The zero-order chi connectivity index (χ0) is 20.5. The largest absolute Gasteiger partial charge is 0.506 e. The molecule has 0 aliphatic rings. The van der Waals surface area contributed by atoms with E-state index in [0.717, 1.165) is 0 Å². The molecule has 0 fully saturated rings. The van der Waals surface area contributed by atoms with Gasteiger partial charge in [0.1, 0.15) is 11.4 Å². The van der Waals surface area contributed by atoms with Crippen molar-refractivity contribution in [2.75, 3.05) is 0 Å². The van der Waals surface area contributed by atoms with Crippen LogP contribution in [0.15, 0.2) is 63.7 Å². The Balaban J connectivity index is 2.07. The molecule has 0 radical (unpaired) electrons. The van der Waals surface area contributed by atoms with Crippen LogP contribution in [0, 0.1) is 10.1 Å². The molecule has 0 bridgehead atoms. The summed E-state index contributed by atoms with van der Waals surface area (Å²) in [4.78, 5) is 10.3. The van der Waals surface area contributed by atoms with Gasteiger partial charge in [0.2, 0.25) is 0 Å². The van der Waals surface area contributed by atoms with Gasteiger partial charge >= 0.3 is 0 Å². The summed E-state index contributed by atoms with van der Waals surface area (Å²) >= 11 is 0.